The van der Waals surface area contributed by atoms with Crippen LogP contribution in [0.3, 0.4) is 0 Å². The molecule has 28 heavy (non-hydrogen) atoms. The average molecular weight is 378 g/mol. The molecule has 0 aliphatic heterocycles. The number of hydrogen-bond acceptors (Lipinski definition) is 6. The third-order valence-electron chi connectivity index (χ3n) is 5.01. The molecular weight excluding hydrogens is 352 g/mol. The number of ether oxygens (including phenoxy) is 1. The van der Waals surface area contributed by atoms with Crippen LogP contribution in [0.15, 0.2) is 40.9 Å². The summed E-state index contributed by atoms with van der Waals surface area (Å²) in [5.41, 5.74) is 11.1. The standard InChI is InChI=1S/C22H26N4O2/c1-4-24-19-10-9-15-16(19)6-5-7-17(15)21-25-22(28-26-21)14-8-11-20(18(23)12-14)27-13(2)3/h5-8,11-13,19,24H,4,9-10,23H2,1-3H3/t19-/m0/s1. The Kier molecular flexibility index (Phi) is 5.05. The summed E-state index contributed by atoms with van der Waals surface area (Å²) in [6.07, 6.45) is 2.18. The minimum Gasteiger partial charge on any atom is -0.489 e. The van der Waals surface area contributed by atoms with Crippen molar-refractivity contribution in [2.45, 2.75) is 45.8 Å². The van der Waals surface area contributed by atoms with Gasteiger partial charge in [0.15, 0.2) is 0 Å². The number of nitrogens with one attached hydrogen (secondary N) is 1. The van der Waals surface area contributed by atoms with E-state index in [1.54, 1.807) is 0 Å². The fourth-order valence-electron chi connectivity index (χ4n) is 3.82. The van der Waals surface area contributed by atoms with Gasteiger partial charge in [-0.15, -0.1) is 0 Å². The molecule has 3 aromatic rings. The fourth-order valence-corrected chi connectivity index (χ4v) is 3.82. The van der Waals surface area contributed by atoms with E-state index in [-0.39, 0.29) is 6.10 Å². The van der Waals surface area contributed by atoms with Crippen LogP contribution in [-0.4, -0.2) is 22.8 Å². The van der Waals surface area contributed by atoms with Crippen LogP contribution in [0.4, 0.5) is 5.69 Å². The second-order valence-electron chi connectivity index (χ2n) is 7.36. The molecule has 1 aliphatic carbocycles. The number of anilines is 1. The first kappa shape index (κ1) is 18.5. The van der Waals surface area contributed by atoms with Crippen molar-refractivity contribution >= 4 is 5.69 Å². The van der Waals surface area contributed by atoms with Gasteiger partial charge in [0.05, 0.1) is 11.8 Å². The van der Waals surface area contributed by atoms with Crippen LogP contribution in [-0.2, 0) is 6.42 Å². The van der Waals surface area contributed by atoms with Gasteiger partial charge in [0.1, 0.15) is 5.75 Å². The molecule has 6 nitrogen and oxygen atoms in total. The molecule has 1 aliphatic rings. The molecule has 0 bridgehead atoms. The van der Waals surface area contributed by atoms with Crippen molar-refractivity contribution in [1.82, 2.24) is 15.5 Å². The molecule has 0 unspecified atom stereocenters. The van der Waals surface area contributed by atoms with Crippen LogP contribution >= 0.6 is 0 Å². The number of nitrogens with zero attached hydrogens (tertiary/aromatic N) is 2. The zero-order valence-corrected chi connectivity index (χ0v) is 16.5. The molecule has 2 aromatic carbocycles. The summed E-state index contributed by atoms with van der Waals surface area (Å²) in [4.78, 5) is 4.64. The summed E-state index contributed by atoms with van der Waals surface area (Å²) >= 11 is 0. The highest BCUT2D eigenvalue weighted by atomic mass is 16.5. The summed E-state index contributed by atoms with van der Waals surface area (Å²) in [7, 11) is 0. The Balaban J connectivity index is 1.64. The van der Waals surface area contributed by atoms with E-state index in [4.69, 9.17) is 15.0 Å². The largest absolute Gasteiger partial charge is 0.489 e. The molecule has 0 radical (unpaired) electrons. The monoisotopic (exact) mass is 378 g/mol. The van der Waals surface area contributed by atoms with E-state index < -0.39 is 0 Å². The lowest BCUT2D eigenvalue weighted by molar-refractivity contribution is 0.244. The highest BCUT2D eigenvalue weighted by Crippen LogP contribution is 2.37. The number of rotatable bonds is 6. The van der Waals surface area contributed by atoms with Gasteiger partial charge in [0, 0.05) is 17.2 Å². The highest BCUT2D eigenvalue weighted by molar-refractivity contribution is 5.69. The molecule has 1 heterocycles. The third-order valence-corrected chi connectivity index (χ3v) is 5.01. The predicted molar refractivity (Wildman–Crippen MR) is 110 cm³/mol. The molecule has 6 heteroatoms. The van der Waals surface area contributed by atoms with Gasteiger partial charge in [0.25, 0.3) is 5.89 Å². The van der Waals surface area contributed by atoms with E-state index in [1.807, 2.05) is 32.0 Å². The minimum absolute atomic E-state index is 0.0642. The molecule has 4 rings (SSSR count). The Morgan fingerprint density at radius 2 is 2.14 bits per heavy atom. The molecule has 0 saturated carbocycles. The molecule has 146 valence electrons. The van der Waals surface area contributed by atoms with Crippen LogP contribution in [0.25, 0.3) is 22.8 Å². The van der Waals surface area contributed by atoms with E-state index in [0.717, 1.165) is 30.5 Å². The maximum absolute atomic E-state index is 6.12. The normalized spacial score (nSPS) is 15.8. The first-order valence-corrected chi connectivity index (χ1v) is 9.82. The predicted octanol–water partition coefficient (Wildman–Crippen LogP) is 4.37. The van der Waals surface area contributed by atoms with Gasteiger partial charge in [-0.1, -0.05) is 30.3 Å². The Hall–Kier alpha value is -2.86. The van der Waals surface area contributed by atoms with E-state index in [9.17, 15) is 0 Å². The lowest BCUT2D eigenvalue weighted by Gasteiger charge is -2.12. The van der Waals surface area contributed by atoms with Crippen LogP contribution in [0.5, 0.6) is 5.75 Å². The van der Waals surface area contributed by atoms with E-state index in [0.29, 0.717) is 29.2 Å². The summed E-state index contributed by atoms with van der Waals surface area (Å²) in [6, 6.07) is 12.3. The fraction of sp³-hybridized carbons (Fsp3) is 0.364. The van der Waals surface area contributed by atoms with Crippen LogP contribution < -0.4 is 15.8 Å². The van der Waals surface area contributed by atoms with Crippen molar-refractivity contribution in [3.05, 3.63) is 47.5 Å². The Bertz CT molecular complexity index is 980. The SMILES string of the molecule is CCN[C@H]1CCc2c(-c3noc(-c4ccc(OC(C)C)c(N)c4)n3)cccc21. The third kappa shape index (κ3) is 3.47. The molecule has 0 saturated heterocycles. The van der Waals surface area contributed by atoms with Gasteiger partial charge in [0.2, 0.25) is 5.82 Å². The number of nitrogens with two attached hydrogens (primary N) is 1. The van der Waals surface area contributed by atoms with E-state index in [1.165, 1.54) is 11.1 Å². The highest BCUT2D eigenvalue weighted by Gasteiger charge is 2.26. The maximum atomic E-state index is 6.12. The first-order chi connectivity index (χ1) is 13.6. The van der Waals surface area contributed by atoms with Crippen molar-refractivity contribution in [1.29, 1.82) is 0 Å². The van der Waals surface area contributed by atoms with Gasteiger partial charge < -0.3 is 20.3 Å². The number of fused-ring (bicyclic) bond motifs is 1. The molecule has 1 aromatic heterocycles. The average Bonchev–Trinajstić information content (AvgIpc) is 3.31. The summed E-state index contributed by atoms with van der Waals surface area (Å²) in [5.74, 6) is 1.73. The van der Waals surface area contributed by atoms with Crippen LogP contribution in [0.1, 0.15) is 44.4 Å². The van der Waals surface area contributed by atoms with Gasteiger partial charge in [-0.3, -0.25) is 0 Å². The Labute approximate surface area is 165 Å². The van der Waals surface area contributed by atoms with Crippen molar-refractivity contribution in [3.8, 4) is 28.6 Å². The number of aromatic nitrogens is 2. The molecule has 0 fully saturated rings. The Morgan fingerprint density at radius 3 is 2.89 bits per heavy atom. The van der Waals surface area contributed by atoms with Gasteiger partial charge >= 0.3 is 0 Å². The second kappa shape index (κ2) is 7.64. The quantitative estimate of drug-likeness (QED) is 0.620. The van der Waals surface area contributed by atoms with E-state index >= 15 is 0 Å². The second-order valence-corrected chi connectivity index (χ2v) is 7.36. The summed E-state index contributed by atoms with van der Waals surface area (Å²) in [5, 5.41) is 7.78. The van der Waals surface area contributed by atoms with Gasteiger partial charge in [-0.05, 0) is 62.6 Å². The lowest BCUT2D eigenvalue weighted by Crippen LogP contribution is -2.18. The molecule has 1 atom stereocenters. The van der Waals surface area contributed by atoms with Crippen molar-refractivity contribution in [2.75, 3.05) is 12.3 Å². The number of benzene rings is 2. The van der Waals surface area contributed by atoms with Crippen LogP contribution in [0, 0.1) is 0 Å². The van der Waals surface area contributed by atoms with Crippen molar-refractivity contribution < 1.29 is 9.26 Å². The molecule has 0 amide bonds. The summed E-state index contributed by atoms with van der Waals surface area (Å²) in [6.45, 7) is 7.03. The maximum Gasteiger partial charge on any atom is 0.258 e. The zero-order valence-electron chi connectivity index (χ0n) is 16.5. The van der Waals surface area contributed by atoms with E-state index in [2.05, 4.69) is 40.6 Å². The summed E-state index contributed by atoms with van der Waals surface area (Å²) < 4.78 is 11.2. The molecule has 3 N–H and O–H groups in total. The van der Waals surface area contributed by atoms with Crippen molar-refractivity contribution in [2.24, 2.45) is 0 Å². The van der Waals surface area contributed by atoms with Gasteiger partial charge in [-0.25, -0.2) is 0 Å². The number of nitrogen functional groups attached to an aromatic ring is 1. The topological polar surface area (TPSA) is 86.2 Å². The van der Waals surface area contributed by atoms with Gasteiger partial charge in [-0.2, -0.15) is 4.98 Å². The van der Waals surface area contributed by atoms with Crippen molar-refractivity contribution in [3.63, 3.8) is 0 Å². The zero-order chi connectivity index (χ0) is 19.7. The lowest BCUT2D eigenvalue weighted by atomic mass is 10.0. The number of hydrogen-bond donors (Lipinski definition) is 2. The minimum atomic E-state index is 0.0642. The Morgan fingerprint density at radius 1 is 1.29 bits per heavy atom. The van der Waals surface area contributed by atoms with Crippen LogP contribution in [0.2, 0.25) is 0 Å². The molecular formula is C22H26N4O2. The molecule has 0 spiro atoms. The smallest absolute Gasteiger partial charge is 0.258 e. The first-order valence-electron chi connectivity index (χ1n) is 9.82.